The van der Waals surface area contributed by atoms with Crippen molar-refractivity contribution in [3.8, 4) is 11.1 Å². The first-order chi connectivity index (χ1) is 11.3. The van der Waals surface area contributed by atoms with Crippen LogP contribution in [0.1, 0.15) is 5.56 Å². The van der Waals surface area contributed by atoms with Crippen molar-refractivity contribution < 1.29 is 4.55 Å². The summed E-state index contributed by atoms with van der Waals surface area (Å²) in [5, 5.41) is 3.30. The van der Waals surface area contributed by atoms with Crippen molar-refractivity contribution in [2.45, 2.75) is 0 Å². The standard InChI is InChI=1S/C18H21N3OS/c1-20-10-9-17(19)16-13-15(14-5-3-2-4-6-14)7-8-18(16)21-11-12-23-22/h2-10,13,21-22H,11-12,19H2,1H3/b17-9-,20-10?. The van der Waals surface area contributed by atoms with Gasteiger partial charge in [0.1, 0.15) is 0 Å². The topological polar surface area (TPSA) is 70.6 Å². The molecule has 0 fully saturated rings. The summed E-state index contributed by atoms with van der Waals surface area (Å²) in [6.07, 6.45) is 3.47. The second-order valence-electron chi connectivity index (χ2n) is 4.92. The molecule has 0 radical (unpaired) electrons. The molecule has 0 heterocycles. The zero-order valence-corrected chi connectivity index (χ0v) is 13.9. The van der Waals surface area contributed by atoms with E-state index in [2.05, 4.69) is 34.6 Å². The van der Waals surface area contributed by atoms with E-state index in [1.165, 1.54) is 0 Å². The van der Waals surface area contributed by atoms with E-state index < -0.39 is 0 Å². The summed E-state index contributed by atoms with van der Waals surface area (Å²) in [5.41, 5.74) is 11.0. The molecule has 0 unspecified atom stereocenters. The Morgan fingerprint density at radius 3 is 2.70 bits per heavy atom. The van der Waals surface area contributed by atoms with Gasteiger partial charge in [-0.25, -0.2) is 0 Å². The molecule has 2 aromatic carbocycles. The molecule has 23 heavy (non-hydrogen) atoms. The van der Waals surface area contributed by atoms with Gasteiger partial charge in [0.2, 0.25) is 0 Å². The molecule has 0 spiro atoms. The quantitative estimate of drug-likeness (QED) is 0.409. The average molecular weight is 327 g/mol. The second kappa shape index (κ2) is 9.02. The van der Waals surface area contributed by atoms with Crippen LogP contribution in [-0.2, 0) is 0 Å². The molecule has 120 valence electrons. The molecule has 0 amide bonds. The van der Waals surface area contributed by atoms with Gasteiger partial charge in [0.15, 0.2) is 0 Å². The maximum absolute atomic E-state index is 8.85. The number of rotatable bonds is 7. The summed E-state index contributed by atoms with van der Waals surface area (Å²) in [5.74, 6) is 0.611. The Morgan fingerprint density at radius 1 is 1.22 bits per heavy atom. The molecular formula is C18H21N3OS. The molecule has 0 bridgehead atoms. The number of nitrogens with one attached hydrogen (secondary N) is 1. The Bertz CT molecular complexity index is 684. The van der Waals surface area contributed by atoms with Gasteiger partial charge < -0.3 is 15.6 Å². The summed E-state index contributed by atoms with van der Waals surface area (Å²) in [6, 6.07) is 16.3. The largest absolute Gasteiger partial charge is 0.398 e. The Balaban J connectivity index is 2.39. The van der Waals surface area contributed by atoms with Crippen LogP contribution in [0.2, 0.25) is 0 Å². The summed E-state index contributed by atoms with van der Waals surface area (Å²) in [6.45, 7) is 0.661. The van der Waals surface area contributed by atoms with Crippen LogP contribution >= 0.6 is 12.0 Å². The van der Waals surface area contributed by atoms with Gasteiger partial charge in [-0.3, -0.25) is 4.99 Å². The minimum Gasteiger partial charge on any atom is -0.398 e. The van der Waals surface area contributed by atoms with Crippen molar-refractivity contribution in [2.24, 2.45) is 10.7 Å². The third kappa shape index (κ3) is 4.87. The van der Waals surface area contributed by atoms with Gasteiger partial charge in [-0.1, -0.05) is 36.4 Å². The Labute approximate surface area is 141 Å². The molecule has 0 aliphatic rings. The highest BCUT2D eigenvalue weighted by Crippen LogP contribution is 2.28. The van der Waals surface area contributed by atoms with E-state index in [-0.39, 0.29) is 0 Å². The average Bonchev–Trinajstić information content (AvgIpc) is 2.61. The van der Waals surface area contributed by atoms with E-state index in [9.17, 15) is 0 Å². The van der Waals surface area contributed by atoms with E-state index in [4.69, 9.17) is 10.3 Å². The van der Waals surface area contributed by atoms with Gasteiger partial charge in [0, 0.05) is 42.5 Å². The van der Waals surface area contributed by atoms with Crippen LogP contribution in [0.15, 0.2) is 59.6 Å². The van der Waals surface area contributed by atoms with Crippen LogP contribution in [-0.4, -0.2) is 30.1 Å². The molecule has 0 saturated carbocycles. The minimum atomic E-state index is 0.611. The van der Waals surface area contributed by atoms with Gasteiger partial charge in [0.05, 0.1) is 0 Å². The third-order valence-electron chi connectivity index (χ3n) is 3.35. The lowest BCUT2D eigenvalue weighted by Crippen LogP contribution is -2.08. The van der Waals surface area contributed by atoms with Gasteiger partial charge in [-0.15, -0.1) is 0 Å². The zero-order valence-electron chi connectivity index (χ0n) is 13.1. The molecule has 2 aromatic rings. The normalized spacial score (nSPS) is 11.8. The number of hydrogen-bond donors (Lipinski definition) is 3. The Hall–Kier alpha value is -2.24. The molecule has 0 aliphatic carbocycles. The first kappa shape index (κ1) is 17.1. The number of nitrogens with zero attached hydrogens (tertiary/aromatic N) is 1. The number of benzene rings is 2. The van der Waals surface area contributed by atoms with Crippen LogP contribution in [0, 0.1) is 0 Å². The highest BCUT2D eigenvalue weighted by Gasteiger charge is 2.07. The van der Waals surface area contributed by atoms with Crippen LogP contribution < -0.4 is 11.1 Å². The van der Waals surface area contributed by atoms with Crippen molar-refractivity contribution in [2.75, 3.05) is 24.7 Å². The maximum atomic E-state index is 8.85. The number of aliphatic imine (C=N–C) groups is 1. The molecule has 0 aliphatic heterocycles. The van der Waals surface area contributed by atoms with E-state index in [1.807, 2.05) is 24.3 Å². The lowest BCUT2D eigenvalue weighted by atomic mass is 10.00. The van der Waals surface area contributed by atoms with Crippen LogP contribution in [0.4, 0.5) is 5.69 Å². The van der Waals surface area contributed by atoms with Crippen molar-refractivity contribution in [1.82, 2.24) is 0 Å². The van der Waals surface area contributed by atoms with Crippen molar-refractivity contribution >= 4 is 29.6 Å². The molecule has 0 aromatic heterocycles. The fraction of sp³-hybridized carbons (Fsp3) is 0.167. The SMILES string of the molecule is CN=C/C=C(\N)c1cc(-c2ccccc2)ccc1NCCSO. The Morgan fingerprint density at radius 2 is 2.00 bits per heavy atom. The monoisotopic (exact) mass is 327 g/mol. The fourth-order valence-corrected chi connectivity index (χ4v) is 2.42. The van der Waals surface area contributed by atoms with E-state index in [0.717, 1.165) is 34.4 Å². The smallest absolute Gasteiger partial charge is 0.0435 e. The van der Waals surface area contributed by atoms with Crippen molar-refractivity contribution in [3.05, 3.63) is 60.2 Å². The molecule has 5 heteroatoms. The van der Waals surface area contributed by atoms with Gasteiger partial charge in [-0.05, 0) is 41.4 Å². The van der Waals surface area contributed by atoms with Gasteiger partial charge >= 0.3 is 0 Å². The lowest BCUT2D eigenvalue weighted by Gasteiger charge is -2.14. The molecule has 4 nitrogen and oxygen atoms in total. The first-order valence-electron chi connectivity index (χ1n) is 7.34. The first-order valence-corrected chi connectivity index (χ1v) is 8.28. The number of hydrogen-bond acceptors (Lipinski definition) is 5. The highest BCUT2D eigenvalue weighted by atomic mass is 32.2. The number of anilines is 1. The summed E-state index contributed by atoms with van der Waals surface area (Å²) < 4.78 is 8.85. The maximum Gasteiger partial charge on any atom is 0.0435 e. The van der Waals surface area contributed by atoms with Crippen LogP contribution in [0.3, 0.4) is 0 Å². The van der Waals surface area contributed by atoms with Crippen molar-refractivity contribution in [3.63, 3.8) is 0 Å². The predicted octanol–water partition coefficient (Wildman–Crippen LogP) is 3.97. The molecule has 4 N–H and O–H groups in total. The summed E-state index contributed by atoms with van der Waals surface area (Å²) in [7, 11) is 1.71. The number of allylic oxidation sites excluding steroid dienone is 1. The highest BCUT2D eigenvalue weighted by molar-refractivity contribution is 7.93. The molecule has 0 saturated heterocycles. The van der Waals surface area contributed by atoms with Gasteiger partial charge in [-0.2, -0.15) is 0 Å². The second-order valence-corrected chi connectivity index (χ2v) is 5.58. The van der Waals surface area contributed by atoms with Gasteiger partial charge in [0.25, 0.3) is 0 Å². The van der Waals surface area contributed by atoms with E-state index >= 15 is 0 Å². The number of nitrogens with two attached hydrogens (primary N) is 1. The molecular weight excluding hydrogens is 306 g/mol. The third-order valence-corrected chi connectivity index (χ3v) is 3.74. The van der Waals surface area contributed by atoms with Crippen molar-refractivity contribution in [1.29, 1.82) is 0 Å². The summed E-state index contributed by atoms with van der Waals surface area (Å²) in [4.78, 5) is 3.95. The zero-order chi connectivity index (χ0) is 16.5. The fourth-order valence-electron chi connectivity index (χ4n) is 2.22. The molecule has 2 rings (SSSR count). The Kier molecular flexibility index (Phi) is 6.72. The lowest BCUT2D eigenvalue weighted by molar-refractivity contribution is 0.664. The predicted molar refractivity (Wildman–Crippen MR) is 102 cm³/mol. The van der Waals surface area contributed by atoms with E-state index in [0.29, 0.717) is 18.0 Å². The minimum absolute atomic E-state index is 0.611. The summed E-state index contributed by atoms with van der Waals surface area (Å²) >= 11 is 0.819. The molecule has 0 atom stereocenters. The van der Waals surface area contributed by atoms with Crippen LogP contribution in [0.5, 0.6) is 0 Å². The van der Waals surface area contributed by atoms with E-state index in [1.54, 1.807) is 19.3 Å². The van der Waals surface area contributed by atoms with Crippen LogP contribution in [0.25, 0.3) is 16.8 Å².